The first-order valence-corrected chi connectivity index (χ1v) is 8.58. The molecule has 2 aliphatic rings. The Labute approximate surface area is 129 Å². The van der Waals surface area contributed by atoms with E-state index in [1.54, 1.807) is 0 Å². The summed E-state index contributed by atoms with van der Waals surface area (Å²) in [7, 11) is 0. The van der Waals surface area contributed by atoms with E-state index in [9.17, 15) is 4.79 Å². The molecule has 0 radical (unpaired) electrons. The van der Waals surface area contributed by atoms with Gasteiger partial charge in [0.1, 0.15) is 0 Å². The van der Waals surface area contributed by atoms with E-state index in [0.29, 0.717) is 25.5 Å². The molecule has 5 heteroatoms. The predicted molar refractivity (Wildman–Crippen MR) is 84.3 cm³/mol. The molecule has 0 atom stereocenters. The Morgan fingerprint density at radius 1 is 1.29 bits per heavy atom. The van der Waals surface area contributed by atoms with Gasteiger partial charge in [-0.05, 0) is 51.4 Å². The predicted octanol–water partition coefficient (Wildman–Crippen LogP) is 0.947. The fourth-order valence-electron chi connectivity index (χ4n) is 3.23. The lowest BCUT2D eigenvalue weighted by molar-refractivity contribution is -0.135. The van der Waals surface area contributed by atoms with Crippen LogP contribution >= 0.6 is 0 Å². The molecule has 0 saturated carbocycles. The summed E-state index contributed by atoms with van der Waals surface area (Å²) in [4.78, 5) is 16.6. The van der Waals surface area contributed by atoms with Crippen LogP contribution in [0.3, 0.4) is 0 Å². The summed E-state index contributed by atoms with van der Waals surface area (Å²) < 4.78 is 5.29. The average molecular weight is 297 g/mol. The summed E-state index contributed by atoms with van der Waals surface area (Å²) in [5.74, 6) is 1.14. The highest BCUT2D eigenvalue weighted by Crippen LogP contribution is 2.14. The van der Waals surface area contributed by atoms with Crippen LogP contribution in [0, 0.1) is 5.92 Å². The van der Waals surface area contributed by atoms with Crippen molar-refractivity contribution in [3.63, 3.8) is 0 Å². The number of amides is 1. The first-order chi connectivity index (χ1) is 10.3. The molecule has 2 saturated heterocycles. The van der Waals surface area contributed by atoms with Crippen molar-refractivity contribution in [2.24, 2.45) is 5.92 Å². The standard InChI is InChI=1S/C16H31N3O2/c1-2-18(14-15-5-7-17-8-6-15)9-3-4-16(20)19-10-12-21-13-11-19/h15,17H,2-14H2,1H3. The summed E-state index contributed by atoms with van der Waals surface area (Å²) in [6.45, 7) is 10.8. The van der Waals surface area contributed by atoms with Crippen LogP contribution < -0.4 is 5.32 Å². The van der Waals surface area contributed by atoms with Crippen LogP contribution in [0.5, 0.6) is 0 Å². The zero-order valence-electron chi connectivity index (χ0n) is 13.5. The third kappa shape index (κ3) is 5.93. The van der Waals surface area contributed by atoms with Crippen LogP contribution in [0.1, 0.15) is 32.6 Å². The van der Waals surface area contributed by atoms with Crippen molar-refractivity contribution in [3.8, 4) is 0 Å². The average Bonchev–Trinajstić information content (AvgIpc) is 2.55. The molecule has 1 amide bonds. The van der Waals surface area contributed by atoms with Gasteiger partial charge in [-0.1, -0.05) is 6.92 Å². The van der Waals surface area contributed by atoms with Crippen LogP contribution in [-0.4, -0.2) is 74.7 Å². The molecule has 122 valence electrons. The minimum atomic E-state index is 0.302. The van der Waals surface area contributed by atoms with Gasteiger partial charge < -0.3 is 19.9 Å². The van der Waals surface area contributed by atoms with Crippen LogP contribution in [-0.2, 0) is 9.53 Å². The van der Waals surface area contributed by atoms with Gasteiger partial charge in [0.05, 0.1) is 13.2 Å². The minimum absolute atomic E-state index is 0.302. The maximum atomic E-state index is 12.1. The van der Waals surface area contributed by atoms with Gasteiger partial charge in [-0.2, -0.15) is 0 Å². The van der Waals surface area contributed by atoms with E-state index < -0.39 is 0 Å². The van der Waals surface area contributed by atoms with Gasteiger partial charge >= 0.3 is 0 Å². The van der Waals surface area contributed by atoms with Crippen molar-refractivity contribution in [1.82, 2.24) is 15.1 Å². The molecule has 0 bridgehead atoms. The maximum absolute atomic E-state index is 12.1. The lowest BCUT2D eigenvalue weighted by atomic mass is 9.97. The van der Waals surface area contributed by atoms with Crippen LogP contribution in [0.25, 0.3) is 0 Å². The third-order valence-corrected chi connectivity index (χ3v) is 4.65. The van der Waals surface area contributed by atoms with Crippen molar-refractivity contribution in [3.05, 3.63) is 0 Å². The molecule has 0 aromatic heterocycles. The monoisotopic (exact) mass is 297 g/mol. The Morgan fingerprint density at radius 3 is 2.67 bits per heavy atom. The number of carbonyl (C=O) groups excluding carboxylic acids is 1. The topological polar surface area (TPSA) is 44.8 Å². The van der Waals surface area contributed by atoms with Gasteiger partial charge in [-0.15, -0.1) is 0 Å². The zero-order valence-corrected chi connectivity index (χ0v) is 13.5. The number of morpholine rings is 1. The number of rotatable bonds is 7. The number of nitrogens with one attached hydrogen (secondary N) is 1. The molecule has 2 heterocycles. The first-order valence-electron chi connectivity index (χ1n) is 8.58. The summed E-state index contributed by atoms with van der Waals surface area (Å²) in [6.07, 6.45) is 4.25. The van der Waals surface area contributed by atoms with E-state index >= 15 is 0 Å². The van der Waals surface area contributed by atoms with Gasteiger partial charge in [0.2, 0.25) is 5.91 Å². The highest BCUT2D eigenvalue weighted by molar-refractivity contribution is 5.76. The molecule has 0 unspecified atom stereocenters. The molecule has 2 rings (SSSR count). The SMILES string of the molecule is CCN(CCCC(=O)N1CCOCC1)CC1CCNCC1. The summed E-state index contributed by atoms with van der Waals surface area (Å²) in [6, 6.07) is 0. The normalized spacial score (nSPS) is 21.0. The number of hydrogen-bond acceptors (Lipinski definition) is 4. The van der Waals surface area contributed by atoms with Crippen molar-refractivity contribution in [2.45, 2.75) is 32.6 Å². The number of ether oxygens (including phenoxy) is 1. The van der Waals surface area contributed by atoms with E-state index in [4.69, 9.17) is 4.74 Å². The molecule has 5 nitrogen and oxygen atoms in total. The van der Waals surface area contributed by atoms with Crippen molar-refractivity contribution >= 4 is 5.91 Å². The molecule has 21 heavy (non-hydrogen) atoms. The van der Waals surface area contributed by atoms with Crippen LogP contribution in [0.4, 0.5) is 0 Å². The lowest BCUT2D eigenvalue weighted by Crippen LogP contribution is -2.41. The molecule has 0 aromatic rings. The number of hydrogen-bond donors (Lipinski definition) is 1. The Balaban J connectivity index is 1.61. The zero-order chi connectivity index (χ0) is 14.9. The molecule has 0 aromatic carbocycles. The maximum Gasteiger partial charge on any atom is 0.222 e. The van der Waals surface area contributed by atoms with Gasteiger partial charge in [0.25, 0.3) is 0 Å². The second-order valence-corrected chi connectivity index (χ2v) is 6.18. The fourth-order valence-corrected chi connectivity index (χ4v) is 3.23. The van der Waals surface area contributed by atoms with Crippen molar-refractivity contribution < 1.29 is 9.53 Å². The van der Waals surface area contributed by atoms with E-state index in [0.717, 1.165) is 51.6 Å². The smallest absolute Gasteiger partial charge is 0.222 e. The van der Waals surface area contributed by atoms with Crippen molar-refractivity contribution in [1.29, 1.82) is 0 Å². The Kier molecular flexibility index (Phi) is 7.47. The molecule has 0 spiro atoms. The Hall–Kier alpha value is -0.650. The molecule has 1 N–H and O–H groups in total. The van der Waals surface area contributed by atoms with Crippen LogP contribution in [0.2, 0.25) is 0 Å². The summed E-state index contributed by atoms with van der Waals surface area (Å²) >= 11 is 0. The van der Waals surface area contributed by atoms with E-state index in [1.165, 1.54) is 19.4 Å². The minimum Gasteiger partial charge on any atom is -0.378 e. The second-order valence-electron chi connectivity index (χ2n) is 6.18. The van der Waals surface area contributed by atoms with E-state index in [2.05, 4.69) is 17.1 Å². The number of nitrogens with zero attached hydrogens (tertiary/aromatic N) is 2. The Bertz CT molecular complexity index is 300. The van der Waals surface area contributed by atoms with Gasteiger partial charge in [0.15, 0.2) is 0 Å². The highest BCUT2D eigenvalue weighted by Gasteiger charge is 2.18. The molecular formula is C16H31N3O2. The largest absolute Gasteiger partial charge is 0.378 e. The van der Waals surface area contributed by atoms with Gasteiger partial charge in [-0.25, -0.2) is 0 Å². The Morgan fingerprint density at radius 2 is 2.00 bits per heavy atom. The summed E-state index contributed by atoms with van der Waals surface area (Å²) in [5.41, 5.74) is 0. The quantitative estimate of drug-likeness (QED) is 0.760. The third-order valence-electron chi connectivity index (χ3n) is 4.65. The first kappa shape index (κ1) is 16.7. The summed E-state index contributed by atoms with van der Waals surface area (Å²) in [5, 5.41) is 3.42. The van der Waals surface area contributed by atoms with Gasteiger partial charge in [-0.3, -0.25) is 4.79 Å². The molecule has 2 aliphatic heterocycles. The van der Waals surface area contributed by atoms with Crippen LogP contribution in [0.15, 0.2) is 0 Å². The van der Waals surface area contributed by atoms with E-state index in [-0.39, 0.29) is 0 Å². The number of piperidine rings is 1. The highest BCUT2D eigenvalue weighted by atomic mass is 16.5. The van der Waals surface area contributed by atoms with Gasteiger partial charge in [0, 0.05) is 26.1 Å². The second kappa shape index (κ2) is 9.38. The van der Waals surface area contributed by atoms with E-state index in [1.807, 2.05) is 4.90 Å². The molecule has 0 aliphatic carbocycles. The molecule has 2 fully saturated rings. The fraction of sp³-hybridized carbons (Fsp3) is 0.938. The van der Waals surface area contributed by atoms with Crippen molar-refractivity contribution in [2.75, 3.05) is 59.0 Å². The lowest BCUT2D eigenvalue weighted by Gasteiger charge is -2.30. The number of carbonyl (C=O) groups is 1. The molecular weight excluding hydrogens is 266 g/mol.